The third-order valence-corrected chi connectivity index (χ3v) is 6.04. The van der Waals surface area contributed by atoms with Crippen molar-refractivity contribution in [3.63, 3.8) is 0 Å². The summed E-state index contributed by atoms with van der Waals surface area (Å²) in [7, 11) is 0. The molecule has 3 aromatic rings. The second kappa shape index (κ2) is 9.28. The van der Waals surface area contributed by atoms with Crippen LogP contribution in [0.25, 0.3) is 11.4 Å². The van der Waals surface area contributed by atoms with Crippen LogP contribution in [-0.4, -0.2) is 40.0 Å². The van der Waals surface area contributed by atoms with Gasteiger partial charge in [-0.1, -0.05) is 47.6 Å². The Balaban J connectivity index is 1.47. The Morgan fingerprint density at radius 3 is 2.29 bits per heavy atom. The Bertz CT molecular complexity index is 1150. The first kappa shape index (κ1) is 23.5. The topological polar surface area (TPSA) is 85.5 Å². The van der Waals surface area contributed by atoms with Crippen LogP contribution in [0.5, 0.6) is 0 Å². The zero-order chi connectivity index (χ0) is 24.3. The van der Waals surface area contributed by atoms with Crippen molar-refractivity contribution >= 4 is 11.9 Å². The molecule has 1 fully saturated rings. The first-order chi connectivity index (χ1) is 16.2. The molecular formula is C24H22F3N3O4. The number of piperidine rings is 1. The fourth-order valence-electron chi connectivity index (χ4n) is 4.08. The molecule has 1 aliphatic heterocycles. The summed E-state index contributed by atoms with van der Waals surface area (Å²) >= 11 is 0. The minimum absolute atomic E-state index is 0.0210. The van der Waals surface area contributed by atoms with Gasteiger partial charge in [0.15, 0.2) is 6.61 Å². The second-order valence-corrected chi connectivity index (χ2v) is 8.12. The van der Waals surface area contributed by atoms with Crippen LogP contribution in [-0.2, 0) is 32.5 Å². The number of halogens is 3. The summed E-state index contributed by atoms with van der Waals surface area (Å²) in [5.74, 6) is -0.396. The van der Waals surface area contributed by atoms with E-state index in [1.807, 2.05) is 30.3 Å². The lowest BCUT2D eigenvalue weighted by atomic mass is 9.72. The largest absolute Gasteiger partial charge is 0.455 e. The number of aromatic nitrogens is 2. The summed E-state index contributed by atoms with van der Waals surface area (Å²) in [5, 5.41) is 3.77. The number of hydrogen-bond donors (Lipinski definition) is 0. The highest BCUT2D eigenvalue weighted by molar-refractivity contribution is 5.84. The lowest BCUT2D eigenvalue weighted by molar-refractivity contribution is -0.156. The van der Waals surface area contributed by atoms with E-state index in [0.717, 1.165) is 17.7 Å². The van der Waals surface area contributed by atoms with Gasteiger partial charge in [-0.15, -0.1) is 0 Å². The molecule has 4 rings (SSSR count). The number of carbonyl (C=O) groups is 2. The molecule has 10 heteroatoms. The van der Waals surface area contributed by atoms with Crippen LogP contribution >= 0.6 is 0 Å². The summed E-state index contributed by atoms with van der Waals surface area (Å²) in [5.41, 5.74) is -0.550. The van der Waals surface area contributed by atoms with Gasteiger partial charge in [-0.2, -0.15) is 18.2 Å². The SMILES string of the molecule is CC(=O)N1CCC(C(=O)OCc2nc(-c3ccc(C(F)(F)F)cc3)no2)(c2ccccc2)CC1. The zero-order valence-corrected chi connectivity index (χ0v) is 18.3. The normalized spacial score (nSPS) is 15.7. The summed E-state index contributed by atoms with van der Waals surface area (Å²) in [6, 6.07) is 13.6. The molecule has 2 heterocycles. The molecule has 0 aliphatic carbocycles. The maximum absolute atomic E-state index is 13.3. The molecule has 0 atom stereocenters. The van der Waals surface area contributed by atoms with E-state index >= 15 is 0 Å². The first-order valence-corrected chi connectivity index (χ1v) is 10.7. The van der Waals surface area contributed by atoms with E-state index in [9.17, 15) is 22.8 Å². The van der Waals surface area contributed by atoms with Gasteiger partial charge in [0.1, 0.15) is 0 Å². The average Bonchev–Trinajstić information content (AvgIpc) is 3.31. The maximum Gasteiger partial charge on any atom is 0.416 e. The molecule has 7 nitrogen and oxygen atoms in total. The van der Waals surface area contributed by atoms with Crippen LogP contribution in [0.1, 0.15) is 36.8 Å². The minimum atomic E-state index is -4.44. The van der Waals surface area contributed by atoms with Crippen molar-refractivity contribution in [3.8, 4) is 11.4 Å². The van der Waals surface area contributed by atoms with E-state index in [-0.39, 0.29) is 24.2 Å². The number of rotatable bonds is 5. The van der Waals surface area contributed by atoms with E-state index in [2.05, 4.69) is 10.1 Å². The highest BCUT2D eigenvalue weighted by Crippen LogP contribution is 2.37. The van der Waals surface area contributed by atoms with E-state index in [4.69, 9.17) is 9.26 Å². The summed E-state index contributed by atoms with van der Waals surface area (Å²) in [6.45, 7) is 2.07. The van der Waals surface area contributed by atoms with E-state index < -0.39 is 23.1 Å². The van der Waals surface area contributed by atoms with Crippen molar-refractivity contribution in [2.45, 2.75) is 38.0 Å². The van der Waals surface area contributed by atoms with Crippen molar-refractivity contribution < 1.29 is 32.0 Å². The molecule has 178 valence electrons. The number of hydrogen-bond acceptors (Lipinski definition) is 6. The van der Waals surface area contributed by atoms with Gasteiger partial charge in [0.25, 0.3) is 5.89 Å². The Labute approximate surface area is 193 Å². The molecule has 1 amide bonds. The minimum Gasteiger partial charge on any atom is -0.455 e. The molecule has 0 N–H and O–H groups in total. The lowest BCUT2D eigenvalue weighted by Crippen LogP contribution is -2.49. The van der Waals surface area contributed by atoms with Gasteiger partial charge in [0.2, 0.25) is 11.7 Å². The number of esters is 1. The molecule has 34 heavy (non-hydrogen) atoms. The Morgan fingerprint density at radius 1 is 1.06 bits per heavy atom. The van der Waals surface area contributed by atoms with Gasteiger partial charge >= 0.3 is 12.1 Å². The fraction of sp³-hybridized carbons (Fsp3) is 0.333. The lowest BCUT2D eigenvalue weighted by Gasteiger charge is -2.39. The predicted molar refractivity (Wildman–Crippen MR) is 114 cm³/mol. The molecule has 2 aromatic carbocycles. The van der Waals surface area contributed by atoms with E-state index in [0.29, 0.717) is 31.5 Å². The Morgan fingerprint density at radius 2 is 1.71 bits per heavy atom. The number of amides is 1. The smallest absolute Gasteiger partial charge is 0.416 e. The number of likely N-dealkylation sites (tertiary alicyclic amines) is 1. The van der Waals surface area contributed by atoms with E-state index in [1.165, 1.54) is 19.1 Å². The van der Waals surface area contributed by atoms with E-state index in [1.54, 1.807) is 4.90 Å². The highest BCUT2D eigenvalue weighted by Gasteiger charge is 2.45. The van der Waals surface area contributed by atoms with Crippen LogP contribution in [0.15, 0.2) is 59.1 Å². The molecule has 0 saturated carbocycles. The molecular weight excluding hydrogens is 451 g/mol. The molecule has 1 saturated heterocycles. The molecule has 1 aromatic heterocycles. The third-order valence-electron chi connectivity index (χ3n) is 6.04. The Kier molecular flexibility index (Phi) is 6.41. The highest BCUT2D eigenvalue weighted by atomic mass is 19.4. The molecule has 0 radical (unpaired) electrons. The summed E-state index contributed by atoms with van der Waals surface area (Å²) < 4.78 is 48.9. The molecule has 0 unspecified atom stereocenters. The second-order valence-electron chi connectivity index (χ2n) is 8.12. The van der Waals surface area contributed by atoms with Crippen LogP contribution in [0.4, 0.5) is 13.2 Å². The monoisotopic (exact) mass is 473 g/mol. The van der Waals surface area contributed by atoms with Gasteiger partial charge in [0, 0.05) is 25.6 Å². The van der Waals surface area contributed by atoms with Crippen molar-refractivity contribution in [3.05, 3.63) is 71.6 Å². The quantitative estimate of drug-likeness (QED) is 0.512. The fourth-order valence-corrected chi connectivity index (χ4v) is 4.08. The number of benzene rings is 2. The van der Waals surface area contributed by atoms with Crippen molar-refractivity contribution in [2.75, 3.05) is 13.1 Å². The molecule has 0 bridgehead atoms. The predicted octanol–water partition coefficient (Wildman–Crippen LogP) is 4.38. The first-order valence-electron chi connectivity index (χ1n) is 10.7. The number of alkyl halides is 3. The molecule has 1 aliphatic rings. The number of carbonyl (C=O) groups excluding carboxylic acids is 2. The summed E-state index contributed by atoms with van der Waals surface area (Å²) in [6.07, 6.45) is -3.61. The van der Waals surface area contributed by atoms with Gasteiger partial charge < -0.3 is 14.2 Å². The average molecular weight is 473 g/mol. The van der Waals surface area contributed by atoms with Crippen LogP contribution in [0, 0.1) is 0 Å². The van der Waals surface area contributed by atoms with Gasteiger partial charge in [-0.25, -0.2) is 0 Å². The van der Waals surface area contributed by atoms with Gasteiger partial charge in [-0.05, 0) is 30.5 Å². The van der Waals surface area contributed by atoms with Gasteiger partial charge in [0.05, 0.1) is 11.0 Å². The van der Waals surface area contributed by atoms with Gasteiger partial charge in [-0.3, -0.25) is 9.59 Å². The molecule has 0 spiro atoms. The summed E-state index contributed by atoms with van der Waals surface area (Å²) in [4.78, 5) is 30.8. The zero-order valence-electron chi connectivity index (χ0n) is 18.3. The Hall–Kier alpha value is -3.69. The maximum atomic E-state index is 13.3. The van der Waals surface area contributed by atoms with Crippen molar-refractivity contribution in [2.24, 2.45) is 0 Å². The third kappa shape index (κ3) is 4.80. The number of ether oxygens (including phenoxy) is 1. The standard InChI is InChI=1S/C24H22F3N3O4/c1-16(31)30-13-11-23(12-14-30,18-5-3-2-4-6-18)22(32)33-15-20-28-21(29-34-20)17-7-9-19(10-8-17)24(25,26)27/h2-10H,11-15H2,1H3. The van der Waals surface area contributed by atoms with Crippen LogP contribution in [0.2, 0.25) is 0 Å². The van der Waals surface area contributed by atoms with Crippen LogP contribution in [0.3, 0.4) is 0 Å². The van der Waals surface area contributed by atoms with Crippen LogP contribution < -0.4 is 0 Å². The van der Waals surface area contributed by atoms with Crippen molar-refractivity contribution in [1.29, 1.82) is 0 Å². The number of nitrogens with zero attached hydrogens (tertiary/aromatic N) is 3. The van der Waals surface area contributed by atoms with Crippen molar-refractivity contribution in [1.82, 2.24) is 15.0 Å².